The maximum atomic E-state index is 12.4. The molecule has 0 atom stereocenters. The summed E-state index contributed by atoms with van der Waals surface area (Å²) in [6.45, 7) is 3.73. The van der Waals surface area contributed by atoms with Crippen LogP contribution < -0.4 is 10.6 Å². The molecular formula is C22H28N4O5S. The van der Waals surface area contributed by atoms with Gasteiger partial charge in [0.25, 0.3) is 5.91 Å². The van der Waals surface area contributed by atoms with Gasteiger partial charge in [-0.1, -0.05) is 18.2 Å². The second-order valence-corrected chi connectivity index (χ2v) is 9.79. The van der Waals surface area contributed by atoms with E-state index >= 15 is 0 Å². The number of morpholine rings is 1. The average Bonchev–Trinajstić information content (AvgIpc) is 2.78. The normalized spacial score (nSPS) is 14.8. The molecule has 32 heavy (non-hydrogen) atoms. The highest BCUT2D eigenvalue weighted by Crippen LogP contribution is 2.15. The maximum absolute atomic E-state index is 12.4. The molecular weight excluding hydrogens is 432 g/mol. The Morgan fingerprint density at radius 1 is 1.06 bits per heavy atom. The molecule has 0 spiro atoms. The highest BCUT2D eigenvalue weighted by atomic mass is 32.2. The van der Waals surface area contributed by atoms with Gasteiger partial charge in [0, 0.05) is 45.0 Å². The van der Waals surface area contributed by atoms with Crippen LogP contribution in [-0.4, -0.2) is 76.4 Å². The summed E-state index contributed by atoms with van der Waals surface area (Å²) in [4.78, 5) is 27.0. The third-order valence-corrected chi connectivity index (χ3v) is 6.82. The minimum Gasteiger partial charge on any atom is -0.379 e. The number of amides is 2. The lowest BCUT2D eigenvalue weighted by molar-refractivity contribution is -0.115. The third kappa shape index (κ3) is 6.36. The van der Waals surface area contributed by atoms with Crippen LogP contribution in [0.25, 0.3) is 0 Å². The van der Waals surface area contributed by atoms with Crippen LogP contribution >= 0.6 is 0 Å². The Hall–Kier alpha value is -2.79. The number of hydrogen-bond donors (Lipinski definition) is 2. The van der Waals surface area contributed by atoms with Crippen molar-refractivity contribution < 1.29 is 22.7 Å². The van der Waals surface area contributed by atoms with Gasteiger partial charge >= 0.3 is 0 Å². The van der Waals surface area contributed by atoms with Crippen LogP contribution in [0.5, 0.6) is 0 Å². The first-order chi connectivity index (χ1) is 15.3. The first kappa shape index (κ1) is 23.9. The second-order valence-electron chi connectivity index (χ2n) is 7.64. The highest BCUT2D eigenvalue weighted by Gasteiger charge is 2.19. The van der Waals surface area contributed by atoms with Crippen LogP contribution in [0.15, 0.2) is 53.4 Å². The smallest absolute Gasteiger partial charge is 0.251 e. The van der Waals surface area contributed by atoms with E-state index < -0.39 is 15.9 Å². The molecule has 2 N–H and O–H groups in total. The molecule has 1 heterocycles. The Labute approximate surface area is 188 Å². The van der Waals surface area contributed by atoms with Crippen molar-refractivity contribution in [1.29, 1.82) is 0 Å². The van der Waals surface area contributed by atoms with Crippen molar-refractivity contribution in [2.24, 2.45) is 0 Å². The number of rotatable bonds is 8. The van der Waals surface area contributed by atoms with E-state index in [4.69, 9.17) is 4.74 Å². The largest absolute Gasteiger partial charge is 0.379 e. The van der Waals surface area contributed by atoms with E-state index in [0.29, 0.717) is 5.69 Å². The van der Waals surface area contributed by atoms with Crippen molar-refractivity contribution in [1.82, 2.24) is 14.5 Å². The van der Waals surface area contributed by atoms with Crippen LogP contribution in [0.3, 0.4) is 0 Å². The molecule has 3 rings (SSSR count). The Bertz CT molecular complexity index is 1070. The summed E-state index contributed by atoms with van der Waals surface area (Å²) < 4.78 is 30.9. The lowest BCUT2D eigenvalue weighted by Crippen LogP contribution is -2.35. The molecule has 1 saturated heterocycles. The van der Waals surface area contributed by atoms with E-state index in [1.165, 1.54) is 38.4 Å². The lowest BCUT2D eigenvalue weighted by Gasteiger charge is -2.26. The van der Waals surface area contributed by atoms with Gasteiger partial charge in [-0.3, -0.25) is 14.5 Å². The second kappa shape index (κ2) is 10.7. The van der Waals surface area contributed by atoms with Gasteiger partial charge in [-0.2, -0.15) is 0 Å². The van der Waals surface area contributed by atoms with Gasteiger partial charge in [-0.25, -0.2) is 12.7 Å². The van der Waals surface area contributed by atoms with Crippen molar-refractivity contribution in [2.75, 3.05) is 52.3 Å². The zero-order valence-electron chi connectivity index (χ0n) is 18.2. The molecule has 1 fully saturated rings. The van der Waals surface area contributed by atoms with Crippen molar-refractivity contribution in [3.05, 3.63) is 59.7 Å². The standard InChI is InChI=1S/C22H28N4O5S/c1-25(2)32(29,30)20-8-4-6-18(14-20)22(28)23-15-21(27)24-19-7-3-5-17(13-19)16-26-9-11-31-12-10-26/h3-8,13-14H,9-12,15-16H2,1-2H3,(H,23,28)(H,24,27). The van der Waals surface area contributed by atoms with E-state index in [0.717, 1.165) is 42.7 Å². The fourth-order valence-corrected chi connectivity index (χ4v) is 4.19. The van der Waals surface area contributed by atoms with Gasteiger partial charge in [-0.05, 0) is 35.9 Å². The number of nitrogens with zero attached hydrogens (tertiary/aromatic N) is 2. The van der Waals surface area contributed by atoms with Gasteiger partial charge < -0.3 is 15.4 Å². The molecule has 1 aliphatic heterocycles. The summed E-state index contributed by atoms with van der Waals surface area (Å²) in [6.07, 6.45) is 0. The van der Waals surface area contributed by atoms with E-state index in [9.17, 15) is 18.0 Å². The summed E-state index contributed by atoms with van der Waals surface area (Å²) in [5.41, 5.74) is 1.88. The number of hydrogen-bond acceptors (Lipinski definition) is 6. The molecule has 9 nitrogen and oxygen atoms in total. The Kier molecular flexibility index (Phi) is 7.97. The van der Waals surface area contributed by atoms with Crippen LogP contribution in [-0.2, 0) is 26.1 Å². The first-order valence-corrected chi connectivity index (χ1v) is 11.7. The SMILES string of the molecule is CN(C)S(=O)(=O)c1cccc(C(=O)NCC(=O)Nc2cccc(CN3CCOCC3)c2)c1. The number of ether oxygens (including phenoxy) is 1. The van der Waals surface area contributed by atoms with Crippen LogP contribution in [0, 0.1) is 0 Å². The van der Waals surface area contributed by atoms with Gasteiger partial charge in [0.15, 0.2) is 0 Å². The number of carbonyl (C=O) groups excluding carboxylic acids is 2. The predicted octanol–water partition coefficient (Wildman–Crippen LogP) is 1.14. The number of carbonyl (C=O) groups is 2. The summed E-state index contributed by atoms with van der Waals surface area (Å²) >= 11 is 0. The Morgan fingerprint density at radius 2 is 1.78 bits per heavy atom. The topological polar surface area (TPSA) is 108 Å². The zero-order valence-corrected chi connectivity index (χ0v) is 19.0. The molecule has 172 valence electrons. The Balaban J connectivity index is 1.55. The maximum Gasteiger partial charge on any atom is 0.251 e. The zero-order chi connectivity index (χ0) is 23.1. The first-order valence-electron chi connectivity index (χ1n) is 10.3. The van der Waals surface area contributed by atoms with Crippen molar-refractivity contribution in [3.63, 3.8) is 0 Å². The van der Waals surface area contributed by atoms with Crippen LogP contribution in [0.2, 0.25) is 0 Å². The van der Waals surface area contributed by atoms with Gasteiger partial charge in [0.2, 0.25) is 15.9 Å². The van der Waals surface area contributed by atoms with Crippen LogP contribution in [0.1, 0.15) is 15.9 Å². The number of benzene rings is 2. The van der Waals surface area contributed by atoms with Gasteiger partial charge in [0.05, 0.1) is 24.7 Å². The fourth-order valence-electron chi connectivity index (χ4n) is 3.24. The highest BCUT2D eigenvalue weighted by molar-refractivity contribution is 7.89. The monoisotopic (exact) mass is 460 g/mol. The summed E-state index contributed by atoms with van der Waals surface area (Å²) in [7, 11) is -0.818. The summed E-state index contributed by atoms with van der Waals surface area (Å²) in [6, 6.07) is 13.3. The van der Waals surface area contributed by atoms with Gasteiger partial charge in [0.1, 0.15) is 0 Å². The molecule has 0 bridgehead atoms. The molecule has 1 aliphatic rings. The average molecular weight is 461 g/mol. The quantitative estimate of drug-likeness (QED) is 0.612. The molecule has 2 aromatic rings. The van der Waals surface area contributed by atoms with E-state index in [-0.39, 0.29) is 22.9 Å². The van der Waals surface area contributed by atoms with E-state index in [1.807, 2.05) is 18.2 Å². The predicted molar refractivity (Wildman–Crippen MR) is 121 cm³/mol. The fraction of sp³-hybridized carbons (Fsp3) is 0.364. The number of nitrogens with one attached hydrogen (secondary N) is 2. The molecule has 2 amide bonds. The lowest BCUT2D eigenvalue weighted by atomic mass is 10.2. The molecule has 2 aromatic carbocycles. The minimum absolute atomic E-state index is 0.0108. The Morgan fingerprint density at radius 3 is 2.50 bits per heavy atom. The van der Waals surface area contributed by atoms with Crippen molar-refractivity contribution in [3.8, 4) is 0 Å². The molecule has 0 radical (unpaired) electrons. The minimum atomic E-state index is -3.66. The molecule has 10 heteroatoms. The molecule has 0 aliphatic carbocycles. The van der Waals surface area contributed by atoms with Gasteiger partial charge in [-0.15, -0.1) is 0 Å². The molecule has 0 aromatic heterocycles. The van der Waals surface area contributed by atoms with Crippen LogP contribution in [0.4, 0.5) is 5.69 Å². The summed E-state index contributed by atoms with van der Waals surface area (Å²) in [5, 5.41) is 5.30. The third-order valence-electron chi connectivity index (χ3n) is 5.00. The molecule has 0 saturated carbocycles. The van der Waals surface area contributed by atoms with E-state index in [2.05, 4.69) is 15.5 Å². The van der Waals surface area contributed by atoms with Crippen molar-refractivity contribution >= 4 is 27.5 Å². The molecule has 0 unspecified atom stereocenters. The number of anilines is 1. The van der Waals surface area contributed by atoms with Crippen molar-refractivity contribution in [2.45, 2.75) is 11.4 Å². The number of sulfonamides is 1. The summed E-state index contributed by atoms with van der Waals surface area (Å²) in [5.74, 6) is -0.907. The van der Waals surface area contributed by atoms with E-state index in [1.54, 1.807) is 6.07 Å².